The summed E-state index contributed by atoms with van der Waals surface area (Å²) in [6.07, 6.45) is 6.29. The molecule has 8 rings (SSSR count). The normalized spacial score (nSPS) is 18.3. The summed E-state index contributed by atoms with van der Waals surface area (Å²) in [5.74, 6) is 0.154. The number of thiophene rings is 1. The van der Waals surface area contributed by atoms with Crippen molar-refractivity contribution in [2.75, 3.05) is 6.54 Å². The quantitative estimate of drug-likeness (QED) is 0.231. The Morgan fingerprint density at radius 3 is 2.76 bits per heavy atom. The van der Waals surface area contributed by atoms with Crippen molar-refractivity contribution in [1.29, 1.82) is 0 Å². The fraction of sp³-hybridized carbons (Fsp3) is 0.294. The predicted molar refractivity (Wildman–Crippen MR) is 165 cm³/mol. The van der Waals surface area contributed by atoms with Crippen LogP contribution in [0.15, 0.2) is 59.1 Å². The van der Waals surface area contributed by atoms with Gasteiger partial charge >= 0.3 is 0 Å². The highest BCUT2D eigenvalue weighted by Gasteiger charge is 2.45. The van der Waals surface area contributed by atoms with Gasteiger partial charge in [-0.3, -0.25) is 19.6 Å². The molecule has 2 atom stereocenters. The third-order valence-electron chi connectivity index (χ3n) is 9.00. The van der Waals surface area contributed by atoms with Gasteiger partial charge in [-0.2, -0.15) is 0 Å². The molecule has 5 aromatic rings. The van der Waals surface area contributed by atoms with Gasteiger partial charge in [0.05, 0.1) is 39.5 Å². The van der Waals surface area contributed by atoms with Gasteiger partial charge in [-0.05, 0) is 80.0 Å². The molecule has 0 spiro atoms. The number of fused-ring (bicyclic) bond motifs is 4. The third kappa shape index (κ3) is 4.82. The van der Waals surface area contributed by atoms with Gasteiger partial charge in [-0.1, -0.05) is 18.2 Å². The lowest BCUT2D eigenvalue weighted by molar-refractivity contribution is 0.0776. The Labute approximate surface area is 262 Å². The fourth-order valence-electron chi connectivity index (χ4n) is 6.91. The molecular weight excluding hydrogens is 591 g/mol. The molecule has 2 amide bonds. The number of carbonyl (C=O) groups excluding carboxylic acids is 2. The first kappa shape index (κ1) is 27.8. The zero-order valence-corrected chi connectivity index (χ0v) is 25.4. The van der Waals surface area contributed by atoms with Gasteiger partial charge in [0.2, 0.25) is 11.8 Å². The van der Waals surface area contributed by atoms with E-state index in [1.54, 1.807) is 25.3 Å². The average Bonchev–Trinajstić information content (AvgIpc) is 3.88. The maximum atomic E-state index is 14.0. The molecule has 6 heterocycles. The molecule has 226 valence electrons. The van der Waals surface area contributed by atoms with E-state index in [2.05, 4.69) is 20.5 Å². The van der Waals surface area contributed by atoms with Crippen molar-refractivity contribution >= 4 is 23.2 Å². The molecule has 0 unspecified atom stereocenters. The highest BCUT2D eigenvalue weighted by atomic mass is 32.1. The first-order valence-corrected chi connectivity index (χ1v) is 16.0. The first-order chi connectivity index (χ1) is 21.9. The number of halogens is 1. The van der Waals surface area contributed by atoms with Crippen LogP contribution >= 0.6 is 11.3 Å². The third-order valence-corrected chi connectivity index (χ3v) is 10.1. The SMILES string of the molecule is Cc1nnc(-c2c(CCc3ccc(F)cc3)nc3c(c2-c2ccc(C(=O)N[C@H]4CCc5ncccc54)s2)C(=O)N2CCC[C@@H]32)o1. The monoisotopic (exact) mass is 620 g/mol. The number of nitrogens with one attached hydrogen (secondary N) is 1. The van der Waals surface area contributed by atoms with Crippen LogP contribution in [0.2, 0.25) is 0 Å². The molecular formula is C34H29FN6O3S. The number of rotatable bonds is 7. The number of aryl methyl sites for hydroxylation is 4. The van der Waals surface area contributed by atoms with Gasteiger partial charge in [0.15, 0.2) is 0 Å². The zero-order chi connectivity index (χ0) is 30.7. The summed E-state index contributed by atoms with van der Waals surface area (Å²) in [7, 11) is 0. The van der Waals surface area contributed by atoms with E-state index >= 15 is 0 Å². The molecule has 11 heteroatoms. The molecule has 1 saturated heterocycles. The summed E-state index contributed by atoms with van der Waals surface area (Å²) in [4.78, 5) is 40.3. The molecule has 0 saturated carbocycles. The van der Waals surface area contributed by atoms with Gasteiger partial charge < -0.3 is 14.6 Å². The summed E-state index contributed by atoms with van der Waals surface area (Å²) in [5, 5.41) is 11.7. The molecule has 1 aliphatic carbocycles. The second-order valence-corrected chi connectivity index (χ2v) is 12.8. The lowest BCUT2D eigenvalue weighted by Gasteiger charge is -2.16. The summed E-state index contributed by atoms with van der Waals surface area (Å²) in [6, 6.07) is 13.9. The summed E-state index contributed by atoms with van der Waals surface area (Å²) >= 11 is 1.34. The van der Waals surface area contributed by atoms with Crippen molar-refractivity contribution < 1.29 is 18.4 Å². The van der Waals surface area contributed by atoms with E-state index in [9.17, 15) is 14.0 Å². The van der Waals surface area contributed by atoms with Gasteiger partial charge in [0, 0.05) is 35.8 Å². The van der Waals surface area contributed by atoms with Crippen LogP contribution < -0.4 is 5.32 Å². The summed E-state index contributed by atoms with van der Waals surface area (Å²) < 4.78 is 19.6. The molecule has 1 N–H and O–H groups in total. The lowest BCUT2D eigenvalue weighted by Crippen LogP contribution is -2.26. The van der Waals surface area contributed by atoms with Crippen LogP contribution in [0.4, 0.5) is 4.39 Å². The molecule has 0 bridgehead atoms. The smallest absolute Gasteiger partial charge is 0.261 e. The van der Waals surface area contributed by atoms with Gasteiger partial charge in [0.25, 0.3) is 11.8 Å². The summed E-state index contributed by atoms with van der Waals surface area (Å²) in [6.45, 7) is 2.40. The van der Waals surface area contributed by atoms with Gasteiger partial charge in [-0.15, -0.1) is 21.5 Å². The highest BCUT2D eigenvalue weighted by molar-refractivity contribution is 7.17. The highest BCUT2D eigenvalue weighted by Crippen LogP contribution is 2.49. The van der Waals surface area contributed by atoms with Crippen molar-refractivity contribution in [1.82, 2.24) is 30.4 Å². The number of benzene rings is 1. The van der Waals surface area contributed by atoms with E-state index in [4.69, 9.17) is 9.40 Å². The van der Waals surface area contributed by atoms with Crippen LogP contribution in [-0.4, -0.2) is 43.4 Å². The van der Waals surface area contributed by atoms with E-state index in [0.717, 1.165) is 58.8 Å². The minimum Gasteiger partial charge on any atom is -0.421 e. The van der Waals surface area contributed by atoms with Crippen molar-refractivity contribution in [2.45, 2.75) is 57.5 Å². The van der Waals surface area contributed by atoms with E-state index in [-0.39, 0.29) is 35.6 Å². The standard InChI is InChI=1S/C34H29FN6O3S/c1-18-39-40-33(44-18)28-24(11-8-19-6-9-20(35)10-7-19)37-31-25-5-3-17-41(25)34(43)30(31)29(28)26-14-15-27(45-26)32(42)38-23-13-12-22-21(23)4-2-16-36-22/h2,4,6-7,9-10,14-16,23,25H,3,5,8,11-13,17H2,1H3,(H,38,42)/t23-,25-/m0/s1. The number of aromatic nitrogens is 4. The van der Waals surface area contributed by atoms with Gasteiger partial charge in [0.1, 0.15) is 5.82 Å². The predicted octanol–water partition coefficient (Wildman–Crippen LogP) is 6.20. The minimum absolute atomic E-state index is 0.0629. The minimum atomic E-state index is -0.287. The van der Waals surface area contributed by atoms with E-state index < -0.39 is 0 Å². The number of hydrogen-bond donors (Lipinski definition) is 1. The second-order valence-electron chi connectivity index (χ2n) is 11.7. The van der Waals surface area contributed by atoms with Crippen LogP contribution in [0, 0.1) is 12.7 Å². The Kier molecular flexibility index (Phi) is 6.78. The van der Waals surface area contributed by atoms with Crippen molar-refractivity contribution in [3.8, 4) is 21.9 Å². The Balaban J connectivity index is 1.23. The molecule has 9 nitrogen and oxygen atoms in total. The van der Waals surface area contributed by atoms with Crippen molar-refractivity contribution in [3.05, 3.63) is 105 Å². The van der Waals surface area contributed by atoms with Crippen LogP contribution in [0.3, 0.4) is 0 Å². The molecule has 45 heavy (non-hydrogen) atoms. The lowest BCUT2D eigenvalue weighted by atomic mass is 9.93. The van der Waals surface area contributed by atoms with Crippen LogP contribution in [0.25, 0.3) is 21.9 Å². The fourth-order valence-corrected chi connectivity index (χ4v) is 7.87. The molecule has 2 aliphatic heterocycles. The van der Waals surface area contributed by atoms with E-state index in [1.807, 2.05) is 29.2 Å². The number of carbonyl (C=O) groups is 2. The zero-order valence-electron chi connectivity index (χ0n) is 24.5. The van der Waals surface area contributed by atoms with Crippen molar-refractivity contribution in [3.63, 3.8) is 0 Å². The number of nitrogens with zero attached hydrogens (tertiary/aromatic N) is 5. The van der Waals surface area contributed by atoms with Crippen LogP contribution in [0.5, 0.6) is 0 Å². The molecule has 1 aromatic carbocycles. The maximum Gasteiger partial charge on any atom is 0.261 e. The van der Waals surface area contributed by atoms with Crippen LogP contribution in [0.1, 0.15) is 85.5 Å². The number of pyridine rings is 2. The largest absolute Gasteiger partial charge is 0.421 e. The molecule has 3 aliphatic rings. The number of hydrogen-bond acceptors (Lipinski definition) is 8. The van der Waals surface area contributed by atoms with E-state index in [1.165, 1.54) is 23.5 Å². The first-order valence-electron chi connectivity index (χ1n) is 15.2. The second kappa shape index (κ2) is 11.0. The average molecular weight is 621 g/mol. The Morgan fingerprint density at radius 1 is 1.07 bits per heavy atom. The Hall–Kier alpha value is -4.77. The Morgan fingerprint density at radius 2 is 1.93 bits per heavy atom. The topological polar surface area (TPSA) is 114 Å². The molecule has 0 radical (unpaired) electrons. The molecule has 1 fully saturated rings. The van der Waals surface area contributed by atoms with Crippen LogP contribution in [-0.2, 0) is 19.3 Å². The van der Waals surface area contributed by atoms with E-state index in [0.29, 0.717) is 46.8 Å². The van der Waals surface area contributed by atoms with Gasteiger partial charge in [-0.25, -0.2) is 4.39 Å². The van der Waals surface area contributed by atoms with Crippen molar-refractivity contribution in [2.24, 2.45) is 0 Å². The summed E-state index contributed by atoms with van der Waals surface area (Å²) in [5.41, 5.74) is 6.36. The molecule has 4 aromatic heterocycles. The maximum absolute atomic E-state index is 14.0. The Bertz CT molecular complexity index is 1970. The number of amides is 2.